The van der Waals surface area contributed by atoms with E-state index in [-0.39, 0.29) is 19.5 Å². The van der Waals surface area contributed by atoms with Gasteiger partial charge in [-0.25, -0.2) is 16.8 Å². The first kappa shape index (κ1) is 33.1. The van der Waals surface area contributed by atoms with Crippen molar-refractivity contribution >= 4 is 20.2 Å². The van der Waals surface area contributed by atoms with E-state index in [2.05, 4.69) is 0 Å². The predicted octanol–water partition coefficient (Wildman–Crippen LogP) is 2.64. The normalized spacial score (nSPS) is 15.2. The molecule has 0 rings (SSSR count). The number of hydrogen-bond acceptors (Lipinski definition) is 6. The van der Waals surface area contributed by atoms with E-state index >= 15 is 0 Å². The fourth-order valence-electron chi connectivity index (χ4n) is 0.644. The van der Waals surface area contributed by atoms with Crippen molar-refractivity contribution in [3.05, 3.63) is 0 Å². The standard InChI is InChI=1S/2C3HF7O3S.Zn/c2*4-1(5,2(6,7)8)3(9,10)14(11,12)13;/h2*(H,11,12,13);/q;;+2/p-2. The van der Waals surface area contributed by atoms with E-state index in [4.69, 9.17) is 0 Å². The number of rotatable bonds is 4. The Morgan fingerprint density at radius 1 is 0.448 bits per heavy atom. The maximum absolute atomic E-state index is 11.8. The molecule has 0 atom stereocenters. The largest absolute Gasteiger partial charge is 2.00 e. The molecule has 0 spiro atoms. The maximum Gasteiger partial charge on any atom is 2.00 e. The molecule has 172 valence electrons. The molecule has 0 radical (unpaired) electrons. The van der Waals surface area contributed by atoms with Gasteiger partial charge in [-0.3, -0.25) is 0 Å². The van der Waals surface area contributed by atoms with E-state index < -0.39 is 54.9 Å². The van der Waals surface area contributed by atoms with Crippen molar-refractivity contribution in [1.82, 2.24) is 0 Å². The molecule has 0 aliphatic rings. The van der Waals surface area contributed by atoms with Crippen LogP contribution >= 0.6 is 0 Å². The first-order chi connectivity index (χ1) is 11.5. The summed E-state index contributed by atoms with van der Waals surface area (Å²) < 4.78 is 218. The second-order valence-corrected chi connectivity index (χ2v) is 6.93. The minimum Gasteiger partial charge on any atom is -0.743 e. The molecule has 0 aliphatic heterocycles. The fraction of sp³-hybridized carbons (Fsp3) is 1.00. The molecule has 0 unspecified atom stereocenters. The molecule has 0 bridgehead atoms. The first-order valence-corrected chi connectivity index (χ1v) is 7.87. The Balaban J connectivity index is -0.000000451. The van der Waals surface area contributed by atoms with Crippen LogP contribution in [0.2, 0.25) is 0 Å². The molecule has 23 heteroatoms. The van der Waals surface area contributed by atoms with Crippen LogP contribution in [0.15, 0.2) is 0 Å². The molecule has 0 heterocycles. The number of hydrogen-bond donors (Lipinski definition) is 0. The van der Waals surface area contributed by atoms with Crippen molar-refractivity contribution < 1.29 is 107 Å². The summed E-state index contributed by atoms with van der Waals surface area (Å²) in [5, 5.41) is -13.4. The quantitative estimate of drug-likeness (QED) is 0.295. The molecule has 0 N–H and O–H groups in total. The summed E-state index contributed by atoms with van der Waals surface area (Å²) in [6.45, 7) is 0. The minimum atomic E-state index is -7.10. The SMILES string of the molecule is O=S(=O)([O-])C(F)(F)C(F)(F)C(F)(F)F.O=S(=O)([O-])C(F)(F)C(F)(F)C(F)(F)F.[Zn+2]. The van der Waals surface area contributed by atoms with Gasteiger partial charge in [0.1, 0.15) is 0 Å². The van der Waals surface area contributed by atoms with Crippen LogP contribution < -0.4 is 0 Å². The maximum atomic E-state index is 11.8. The van der Waals surface area contributed by atoms with Crippen LogP contribution in [0.3, 0.4) is 0 Å². The van der Waals surface area contributed by atoms with Gasteiger partial charge < -0.3 is 9.11 Å². The third kappa shape index (κ3) is 6.23. The van der Waals surface area contributed by atoms with Gasteiger partial charge in [0, 0.05) is 0 Å². The van der Waals surface area contributed by atoms with Crippen LogP contribution in [-0.2, 0) is 39.7 Å². The number of alkyl halides is 14. The molecule has 0 aromatic heterocycles. The van der Waals surface area contributed by atoms with Crippen molar-refractivity contribution in [1.29, 1.82) is 0 Å². The Morgan fingerprint density at radius 3 is 0.621 bits per heavy atom. The van der Waals surface area contributed by atoms with Gasteiger partial charge in [-0.05, 0) is 0 Å². The molecule has 29 heavy (non-hydrogen) atoms. The average molecular weight is 564 g/mol. The van der Waals surface area contributed by atoms with Crippen molar-refractivity contribution in [2.45, 2.75) is 34.7 Å². The van der Waals surface area contributed by atoms with Gasteiger partial charge in [0.05, 0.1) is 0 Å². The van der Waals surface area contributed by atoms with E-state index in [9.17, 15) is 87.4 Å². The summed E-state index contributed by atoms with van der Waals surface area (Å²) in [6, 6.07) is 0. The van der Waals surface area contributed by atoms with Crippen LogP contribution in [0.25, 0.3) is 0 Å². The molecule has 6 nitrogen and oxygen atoms in total. The van der Waals surface area contributed by atoms with E-state index in [0.29, 0.717) is 0 Å². The van der Waals surface area contributed by atoms with Gasteiger partial charge in [0.25, 0.3) is 0 Å². The zero-order valence-electron chi connectivity index (χ0n) is 12.3. The van der Waals surface area contributed by atoms with Crippen LogP contribution in [-0.4, -0.2) is 60.6 Å². The second kappa shape index (κ2) is 8.54. The molecule has 0 amide bonds. The molecule has 0 saturated carbocycles. The zero-order chi connectivity index (χ0) is 24.0. The first-order valence-electron chi connectivity index (χ1n) is 5.05. The van der Waals surface area contributed by atoms with E-state index in [0.717, 1.165) is 0 Å². The Kier molecular flexibility index (Phi) is 9.75. The van der Waals surface area contributed by atoms with Crippen molar-refractivity contribution in [3.63, 3.8) is 0 Å². The van der Waals surface area contributed by atoms with Crippen molar-refractivity contribution in [3.8, 4) is 0 Å². The van der Waals surface area contributed by atoms with Crippen molar-refractivity contribution in [2.24, 2.45) is 0 Å². The summed E-state index contributed by atoms with van der Waals surface area (Å²) in [7, 11) is -14.2. The smallest absolute Gasteiger partial charge is 0.743 e. The Bertz CT molecular complexity index is 699. The molecule has 0 saturated heterocycles. The van der Waals surface area contributed by atoms with Crippen LogP contribution in [0.1, 0.15) is 0 Å². The predicted molar refractivity (Wildman–Crippen MR) is 51.3 cm³/mol. The van der Waals surface area contributed by atoms with Gasteiger partial charge in [-0.1, -0.05) is 0 Å². The van der Waals surface area contributed by atoms with Gasteiger partial charge in [0.2, 0.25) is 0 Å². The topological polar surface area (TPSA) is 114 Å². The van der Waals surface area contributed by atoms with E-state index in [1.165, 1.54) is 0 Å². The molecule has 0 aromatic rings. The van der Waals surface area contributed by atoms with Gasteiger partial charge in [0.15, 0.2) is 20.2 Å². The molecular weight excluding hydrogens is 564 g/mol. The van der Waals surface area contributed by atoms with E-state index in [1.54, 1.807) is 0 Å². The van der Waals surface area contributed by atoms with Crippen LogP contribution in [0, 0.1) is 0 Å². The minimum absolute atomic E-state index is 0. The molecule has 0 fully saturated rings. The Labute approximate surface area is 162 Å². The Hall–Kier alpha value is -0.537. The fourth-order valence-corrected chi connectivity index (χ4v) is 1.50. The van der Waals surface area contributed by atoms with Gasteiger partial charge >= 0.3 is 54.2 Å². The van der Waals surface area contributed by atoms with Crippen LogP contribution in [0.4, 0.5) is 61.5 Å². The molecule has 0 aromatic carbocycles. The summed E-state index contributed by atoms with van der Waals surface area (Å²) in [6.07, 6.45) is -13.7. The monoisotopic (exact) mass is 562 g/mol. The molecular formula is C6F14O6S2Zn. The summed E-state index contributed by atoms with van der Waals surface area (Å²) in [4.78, 5) is 0. The summed E-state index contributed by atoms with van der Waals surface area (Å²) in [5.74, 6) is -13.8. The average Bonchev–Trinajstić information content (AvgIpc) is 2.33. The van der Waals surface area contributed by atoms with Crippen molar-refractivity contribution in [2.75, 3.05) is 0 Å². The van der Waals surface area contributed by atoms with Crippen LogP contribution in [0.5, 0.6) is 0 Å². The van der Waals surface area contributed by atoms with Gasteiger partial charge in [-0.2, -0.15) is 61.5 Å². The summed E-state index contributed by atoms with van der Waals surface area (Å²) >= 11 is 0. The number of halogens is 14. The molecule has 0 aliphatic carbocycles. The van der Waals surface area contributed by atoms with E-state index in [1.807, 2.05) is 0 Å². The van der Waals surface area contributed by atoms with Gasteiger partial charge in [-0.15, -0.1) is 0 Å². The third-order valence-electron chi connectivity index (χ3n) is 2.07. The third-order valence-corrected chi connectivity index (χ3v) is 3.84. The Morgan fingerprint density at radius 2 is 0.586 bits per heavy atom. The second-order valence-electron chi connectivity index (χ2n) is 4.09. The zero-order valence-corrected chi connectivity index (χ0v) is 16.9. The summed E-state index contributed by atoms with van der Waals surface area (Å²) in [5.41, 5.74) is 0.